The molecule has 0 saturated heterocycles. The number of hydrogen-bond donors (Lipinski definition) is 4. The number of nitrogens with one attached hydrogen (secondary N) is 1. The lowest BCUT2D eigenvalue weighted by atomic mass is 10.2. The molecule has 1 aromatic heterocycles. The van der Waals surface area contributed by atoms with Crippen LogP contribution in [0.1, 0.15) is 0 Å². The van der Waals surface area contributed by atoms with Gasteiger partial charge in [0.05, 0.1) is 10.6 Å². The molecule has 0 fully saturated rings. The fourth-order valence-electron chi connectivity index (χ4n) is 1.51. The summed E-state index contributed by atoms with van der Waals surface area (Å²) in [6.07, 6.45) is 0. The number of hydrogen-bond acceptors (Lipinski definition) is 8. The number of nitrogens with zero attached hydrogens (tertiary/aromatic N) is 3. The highest BCUT2D eigenvalue weighted by Gasteiger charge is 2.24. The van der Waals surface area contributed by atoms with Gasteiger partial charge in [0.1, 0.15) is 4.90 Å². The van der Waals surface area contributed by atoms with Gasteiger partial charge in [-0.25, -0.2) is 27.1 Å². The Hall–Kier alpha value is -2.09. The van der Waals surface area contributed by atoms with Crippen LogP contribution >= 0.6 is 0 Å². The summed E-state index contributed by atoms with van der Waals surface area (Å²) in [5, 5.41) is 22.5. The molecule has 0 bridgehead atoms. The van der Waals surface area contributed by atoms with Crippen LogP contribution in [0.4, 0.5) is 5.69 Å². The minimum absolute atomic E-state index is 0.0915. The first-order valence-electron chi connectivity index (χ1n) is 4.83. The predicted octanol–water partition coefficient (Wildman–Crippen LogP) is -2.26. The number of nitrogens with two attached hydrogens (primary N) is 3. The third-order valence-electron chi connectivity index (χ3n) is 2.31. The third-order valence-corrected chi connectivity index (χ3v) is 4.23. The average Bonchev–Trinajstić information content (AvgIpc) is 2.78. The van der Waals surface area contributed by atoms with Crippen molar-refractivity contribution in [1.29, 1.82) is 0 Å². The fraction of sp³-hybridized carbons (Fsp3) is 0. The number of primary sulfonamides is 2. The molecule has 0 saturated carbocycles. The molecule has 108 valence electrons. The summed E-state index contributed by atoms with van der Waals surface area (Å²) in [5.41, 5.74) is 5.19. The van der Waals surface area contributed by atoms with E-state index in [2.05, 4.69) is 20.6 Å². The molecule has 11 nitrogen and oxygen atoms in total. The molecule has 0 aliphatic rings. The van der Waals surface area contributed by atoms with E-state index in [1.807, 2.05) is 0 Å². The van der Waals surface area contributed by atoms with Gasteiger partial charge in [-0.1, -0.05) is 0 Å². The van der Waals surface area contributed by atoms with Crippen LogP contribution in [-0.2, 0) is 20.0 Å². The van der Waals surface area contributed by atoms with Gasteiger partial charge in [-0.15, -0.1) is 10.2 Å². The Labute approximate surface area is 113 Å². The van der Waals surface area contributed by atoms with E-state index in [0.29, 0.717) is 0 Å². The first-order chi connectivity index (χ1) is 9.10. The van der Waals surface area contributed by atoms with Crippen LogP contribution in [0.25, 0.3) is 11.4 Å². The molecule has 1 aromatic carbocycles. The average molecular weight is 319 g/mol. The second kappa shape index (κ2) is 4.48. The molecular weight excluding hydrogens is 310 g/mol. The van der Waals surface area contributed by atoms with Crippen LogP contribution < -0.4 is 16.0 Å². The molecule has 1 heterocycles. The van der Waals surface area contributed by atoms with Gasteiger partial charge in [-0.3, -0.25) is 0 Å². The Balaban J connectivity index is 2.87. The van der Waals surface area contributed by atoms with Gasteiger partial charge in [-0.05, 0) is 17.3 Å². The SMILES string of the molecule is Nc1cc(-c2nn[nH]n2)c(S(N)(=O)=O)cc1S(N)(=O)=O. The predicted molar refractivity (Wildman–Crippen MR) is 66.8 cm³/mol. The monoisotopic (exact) mass is 319 g/mol. The van der Waals surface area contributed by atoms with Crippen molar-refractivity contribution in [3.63, 3.8) is 0 Å². The second-order valence-corrected chi connectivity index (χ2v) is 6.77. The van der Waals surface area contributed by atoms with Gasteiger partial charge in [0.25, 0.3) is 0 Å². The minimum Gasteiger partial charge on any atom is -0.398 e. The van der Waals surface area contributed by atoms with E-state index < -0.39 is 29.8 Å². The van der Waals surface area contributed by atoms with Gasteiger partial charge >= 0.3 is 0 Å². The van der Waals surface area contributed by atoms with Crippen molar-refractivity contribution in [3.05, 3.63) is 12.1 Å². The van der Waals surface area contributed by atoms with E-state index in [0.717, 1.165) is 12.1 Å². The van der Waals surface area contributed by atoms with E-state index in [1.54, 1.807) is 0 Å². The largest absolute Gasteiger partial charge is 0.398 e. The summed E-state index contributed by atoms with van der Waals surface area (Å²) in [6, 6.07) is 1.80. The van der Waals surface area contributed by atoms with Crippen LogP contribution in [0.5, 0.6) is 0 Å². The number of benzene rings is 1. The number of rotatable bonds is 3. The molecule has 0 aliphatic carbocycles. The minimum atomic E-state index is -4.26. The molecule has 0 amide bonds. The highest BCUT2D eigenvalue weighted by molar-refractivity contribution is 7.90. The highest BCUT2D eigenvalue weighted by Crippen LogP contribution is 2.30. The third kappa shape index (κ3) is 2.60. The number of aromatic amines is 1. The summed E-state index contributed by atoms with van der Waals surface area (Å²) in [6.45, 7) is 0. The first-order valence-corrected chi connectivity index (χ1v) is 7.93. The lowest BCUT2D eigenvalue weighted by Crippen LogP contribution is -2.18. The Morgan fingerprint density at radius 3 is 2.05 bits per heavy atom. The summed E-state index contributed by atoms with van der Waals surface area (Å²) in [7, 11) is -8.47. The summed E-state index contributed by atoms with van der Waals surface area (Å²) in [5.74, 6) is -0.110. The quantitative estimate of drug-likeness (QED) is 0.454. The molecule has 0 spiro atoms. The van der Waals surface area contributed by atoms with Crippen LogP contribution in [0.3, 0.4) is 0 Å². The van der Waals surface area contributed by atoms with E-state index >= 15 is 0 Å². The van der Waals surface area contributed by atoms with Crippen molar-refractivity contribution >= 4 is 25.7 Å². The molecule has 7 N–H and O–H groups in total. The van der Waals surface area contributed by atoms with E-state index in [-0.39, 0.29) is 17.1 Å². The Bertz CT molecular complexity index is 857. The molecule has 20 heavy (non-hydrogen) atoms. The van der Waals surface area contributed by atoms with E-state index in [1.165, 1.54) is 0 Å². The number of sulfonamides is 2. The van der Waals surface area contributed by atoms with Crippen molar-refractivity contribution in [2.75, 3.05) is 5.73 Å². The normalized spacial score (nSPS) is 12.5. The molecular formula is C7H9N7O4S2. The number of anilines is 1. The molecule has 13 heteroatoms. The number of tetrazole rings is 1. The highest BCUT2D eigenvalue weighted by atomic mass is 32.2. The van der Waals surface area contributed by atoms with Crippen LogP contribution in [0, 0.1) is 0 Å². The zero-order valence-corrected chi connectivity index (χ0v) is 11.3. The number of aromatic nitrogens is 4. The maximum Gasteiger partial charge on any atom is 0.240 e. The van der Waals surface area contributed by atoms with E-state index in [9.17, 15) is 16.8 Å². The van der Waals surface area contributed by atoms with Crippen LogP contribution in [-0.4, -0.2) is 37.5 Å². The lowest BCUT2D eigenvalue weighted by molar-refractivity contribution is 0.596. The topological polar surface area (TPSA) is 201 Å². The maximum absolute atomic E-state index is 11.6. The maximum atomic E-state index is 11.6. The van der Waals surface area contributed by atoms with Crippen molar-refractivity contribution in [1.82, 2.24) is 20.6 Å². The van der Waals surface area contributed by atoms with E-state index in [4.69, 9.17) is 16.0 Å². The number of nitrogen functional groups attached to an aromatic ring is 1. The second-order valence-electron chi connectivity index (χ2n) is 3.71. The molecule has 2 rings (SSSR count). The standard InChI is InChI=1S/C7H9N7O4S2/c8-4-1-3(7-11-13-14-12-7)5(19(9,15)16)2-6(4)20(10,17)18/h1-2H,8H2,(H2,9,15,16)(H2,10,17,18)(H,11,12,13,14). The number of H-pyrrole nitrogens is 1. The smallest absolute Gasteiger partial charge is 0.240 e. The van der Waals surface area contributed by atoms with Gasteiger partial charge in [0, 0.05) is 5.56 Å². The zero-order valence-electron chi connectivity index (χ0n) is 9.68. The summed E-state index contributed by atoms with van der Waals surface area (Å²) < 4.78 is 45.8. The summed E-state index contributed by atoms with van der Waals surface area (Å²) >= 11 is 0. The Morgan fingerprint density at radius 2 is 1.60 bits per heavy atom. The van der Waals surface area contributed by atoms with Crippen molar-refractivity contribution in [2.45, 2.75) is 9.79 Å². The summed E-state index contributed by atoms with van der Waals surface area (Å²) in [4.78, 5) is -1.09. The Kier molecular flexibility index (Phi) is 3.21. The van der Waals surface area contributed by atoms with Crippen LogP contribution in [0.15, 0.2) is 21.9 Å². The molecule has 0 atom stereocenters. The molecule has 0 radical (unpaired) electrons. The van der Waals surface area contributed by atoms with Gasteiger partial charge in [0.15, 0.2) is 0 Å². The van der Waals surface area contributed by atoms with Gasteiger partial charge in [-0.2, -0.15) is 5.21 Å². The first kappa shape index (κ1) is 14.3. The Morgan fingerprint density at radius 1 is 1.00 bits per heavy atom. The van der Waals surface area contributed by atoms with Crippen molar-refractivity contribution in [2.24, 2.45) is 10.3 Å². The van der Waals surface area contributed by atoms with Gasteiger partial charge in [0.2, 0.25) is 25.9 Å². The molecule has 2 aromatic rings. The van der Waals surface area contributed by atoms with Crippen molar-refractivity contribution in [3.8, 4) is 11.4 Å². The zero-order chi connectivity index (χ0) is 15.1. The van der Waals surface area contributed by atoms with Gasteiger partial charge < -0.3 is 5.73 Å². The fourth-order valence-corrected chi connectivity index (χ4v) is 2.99. The molecule has 0 aliphatic heterocycles. The lowest BCUT2D eigenvalue weighted by Gasteiger charge is -2.09. The van der Waals surface area contributed by atoms with Crippen molar-refractivity contribution < 1.29 is 16.8 Å². The van der Waals surface area contributed by atoms with Crippen LogP contribution in [0.2, 0.25) is 0 Å². The molecule has 0 unspecified atom stereocenters.